The smallest absolute Gasteiger partial charge is 0.227 e. The lowest BCUT2D eigenvalue weighted by molar-refractivity contribution is 0.620. The zero-order chi connectivity index (χ0) is 85.1. The molecule has 0 atom stereocenters. The van der Waals surface area contributed by atoms with E-state index in [9.17, 15) is 4.39 Å². The Balaban J connectivity index is 0.000000102. The summed E-state index contributed by atoms with van der Waals surface area (Å²) in [6.45, 7) is 2.12. The third-order valence-electron chi connectivity index (χ3n) is 26.7. The van der Waals surface area contributed by atoms with E-state index in [1.807, 2.05) is 24.3 Å². The monoisotopic (exact) mass is 1650 g/mol. The standard InChI is InChI=1S/C43H25NO.C40H25NO.C39H22FNO/c1-2-8-30-24-31(13-12-26(30)6-1)35-19-14-28-16-21-37-38(22-17-29-15-20-36(35)41(28)42(29)37)43-44-39-25-32(18-23-40(39)45-43)34-11-5-9-27-7-3-4-10-33(27)34;1-24-5-4-8-28(21-24)30-15-20-37-36(23-30)41-40(42-37)35-19-14-27-12-17-33-32(16-11-26-13-18-34(35)39(27)38(26)33)31-10-9-25-6-2-3-7-29(25)22-31;40-30-14-7-24(8-15-30)28-13-20-36-35(22-28)41-39(42-36)34-19-12-26-10-17-32-31(16-9-25-11-18-33(34)38(26)37(25)32)29-6-5-23-3-1-2-4-27(23)21-29/h1-25H;2-23H,1H3;1-22H. The summed E-state index contributed by atoms with van der Waals surface area (Å²) in [5.41, 5.74) is 23.0. The van der Waals surface area contributed by atoms with Gasteiger partial charge in [0, 0.05) is 16.7 Å². The van der Waals surface area contributed by atoms with Crippen LogP contribution in [0.3, 0.4) is 0 Å². The second kappa shape index (κ2) is 29.3. The van der Waals surface area contributed by atoms with E-state index in [0.29, 0.717) is 17.7 Å². The minimum Gasteiger partial charge on any atom is -0.436 e. The molecule has 0 radical (unpaired) electrons. The van der Waals surface area contributed by atoms with Crippen molar-refractivity contribution < 1.29 is 17.6 Å². The van der Waals surface area contributed by atoms with E-state index < -0.39 is 0 Å². The number of oxazole rings is 3. The lowest BCUT2D eigenvalue weighted by Gasteiger charge is -2.16. The van der Waals surface area contributed by atoms with Gasteiger partial charge in [-0.2, -0.15) is 0 Å². The maximum atomic E-state index is 13.5. The Hall–Kier alpha value is -17.0. The molecule has 28 aromatic rings. The molecular weight excluding hydrogens is 1570 g/mol. The van der Waals surface area contributed by atoms with Crippen molar-refractivity contribution in [2.24, 2.45) is 0 Å². The topological polar surface area (TPSA) is 78.1 Å². The molecule has 0 aliphatic heterocycles. The SMILES string of the molecule is Cc1cccc(-c2ccc3oc(-c4ccc5ccc6c(-c7ccc8ccccc8c7)ccc7ccc4c5c76)nc3c2)c1.Fc1ccc(-c2ccc3oc(-c4ccc5ccc6c(-c7ccc8ccccc8c7)ccc7ccc4c5c76)nc3c2)cc1.c1ccc2cc(-c3ccc4ccc5c(-c6nc7cc(-c8cccc9ccccc89)ccc7o6)ccc6ccc3c4c65)ccc2c1. The van der Waals surface area contributed by atoms with Gasteiger partial charge in [-0.3, -0.25) is 0 Å². The van der Waals surface area contributed by atoms with Crippen LogP contribution in [0.15, 0.2) is 432 Å². The molecule has 3 heterocycles. The minimum absolute atomic E-state index is 0.248. The van der Waals surface area contributed by atoms with Gasteiger partial charge in [0.2, 0.25) is 17.7 Å². The number of aryl methyl sites for hydroxylation is 1. The zero-order valence-electron chi connectivity index (χ0n) is 69.8. The number of halogens is 1. The number of fused-ring (bicyclic) bond motifs is 7. The average molecular weight is 1650 g/mol. The van der Waals surface area contributed by atoms with E-state index in [2.05, 4.69) is 377 Å². The van der Waals surface area contributed by atoms with Gasteiger partial charge >= 0.3 is 0 Å². The number of hydrogen-bond donors (Lipinski definition) is 0. The Morgan fingerprint density at radius 3 is 0.845 bits per heavy atom. The van der Waals surface area contributed by atoms with E-state index in [1.165, 1.54) is 186 Å². The molecule has 28 rings (SSSR count). The molecule has 6 nitrogen and oxygen atoms in total. The van der Waals surface area contributed by atoms with Gasteiger partial charge in [0.05, 0.1) is 0 Å². The molecule has 0 N–H and O–H groups in total. The fourth-order valence-electron chi connectivity index (χ4n) is 20.4. The molecule has 0 amide bonds. The van der Waals surface area contributed by atoms with Gasteiger partial charge in [-0.25, -0.2) is 19.3 Å². The van der Waals surface area contributed by atoms with Gasteiger partial charge in [-0.1, -0.05) is 339 Å². The summed E-state index contributed by atoms with van der Waals surface area (Å²) in [5.74, 6) is 1.64. The van der Waals surface area contributed by atoms with Crippen LogP contribution in [0.1, 0.15) is 5.56 Å². The molecule has 0 aliphatic carbocycles. The lowest BCUT2D eigenvalue weighted by atomic mass is 9.88. The van der Waals surface area contributed by atoms with E-state index in [1.54, 1.807) is 12.1 Å². The predicted molar refractivity (Wildman–Crippen MR) is 537 cm³/mol. The number of aromatic nitrogens is 3. The molecule has 0 fully saturated rings. The summed E-state index contributed by atoms with van der Waals surface area (Å²) < 4.78 is 32.6. The van der Waals surface area contributed by atoms with Crippen molar-refractivity contribution >= 4 is 173 Å². The summed E-state index contributed by atoms with van der Waals surface area (Å²) in [5, 5.41) is 32.0. The normalized spacial score (nSPS) is 12.0. The Morgan fingerprint density at radius 1 is 0.178 bits per heavy atom. The van der Waals surface area contributed by atoms with Crippen molar-refractivity contribution in [2.75, 3.05) is 0 Å². The highest BCUT2D eigenvalue weighted by Crippen LogP contribution is 2.49. The summed E-state index contributed by atoms with van der Waals surface area (Å²) in [6.07, 6.45) is 0. The number of nitrogens with zero attached hydrogens (tertiary/aromatic N) is 3. The molecular formula is C122H72FN3O3. The largest absolute Gasteiger partial charge is 0.436 e. The molecule has 25 aromatic carbocycles. The molecule has 0 saturated carbocycles. The summed E-state index contributed by atoms with van der Waals surface area (Å²) in [7, 11) is 0. The Kier molecular flexibility index (Phi) is 16.7. The first kappa shape index (κ1) is 73.5. The highest BCUT2D eigenvalue weighted by Gasteiger charge is 2.24. The molecule has 0 aliphatic rings. The van der Waals surface area contributed by atoms with Crippen molar-refractivity contribution in [3.05, 3.63) is 430 Å². The van der Waals surface area contributed by atoms with Gasteiger partial charge in [0.15, 0.2) is 16.7 Å². The average Bonchev–Trinajstić information content (AvgIpc) is 1.18. The van der Waals surface area contributed by atoms with Gasteiger partial charge in [-0.05, 0) is 299 Å². The fraction of sp³-hybridized carbons (Fsp3) is 0.00820. The van der Waals surface area contributed by atoms with E-state index >= 15 is 0 Å². The maximum absolute atomic E-state index is 13.5. The van der Waals surface area contributed by atoms with Crippen LogP contribution in [-0.4, -0.2) is 15.0 Å². The number of benzene rings is 25. The predicted octanol–water partition coefficient (Wildman–Crippen LogP) is 34.2. The van der Waals surface area contributed by atoms with Crippen LogP contribution < -0.4 is 0 Å². The number of hydrogen-bond acceptors (Lipinski definition) is 6. The van der Waals surface area contributed by atoms with Crippen LogP contribution in [0.2, 0.25) is 0 Å². The first-order chi connectivity index (χ1) is 63.7. The summed E-state index contributed by atoms with van der Waals surface area (Å²) >= 11 is 0. The first-order valence-corrected chi connectivity index (χ1v) is 43.8. The molecule has 0 spiro atoms. The Bertz CT molecular complexity index is 9440. The maximum Gasteiger partial charge on any atom is 0.227 e. The van der Waals surface area contributed by atoms with Crippen LogP contribution in [0.25, 0.3) is 274 Å². The van der Waals surface area contributed by atoms with E-state index in [0.717, 1.165) is 88.4 Å². The zero-order valence-corrected chi connectivity index (χ0v) is 69.8. The minimum atomic E-state index is -0.248. The molecule has 7 heteroatoms. The molecule has 3 aromatic heterocycles. The summed E-state index contributed by atoms with van der Waals surface area (Å²) in [6, 6.07) is 148. The van der Waals surface area contributed by atoms with E-state index in [-0.39, 0.29) is 5.82 Å². The molecule has 0 unspecified atom stereocenters. The lowest BCUT2D eigenvalue weighted by Crippen LogP contribution is -1.89. The third kappa shape index (κ3) is 12.3. The van der Waals surface area contributed by atoms with Crippen LogP contribution >= 0.6 is 0 Å². The van der Waals surface area contributed by atoms with Gasteiger partial charge in [0.25, 0.3) is 0 Å². The Labute approximate surface area is 738 Å². The first-order valence-electron chi connectivity index (χ1n) is 43.8. The molecule has 0 bridgehead atoms. The van der Waals surface area contributed by atoms with Crippen molar-refractivity contribution in [2.45, 2.75) is 6.92 Å². The van der Waals surface area contributed by atoms with Crippen LogP contribution in [0.5, 0.6) is 0 Å². The third-order valence-corrected chi connectivity index (χ3v) is 26.7. The van der Waals surface area contributed by atoms with Crippen LogP contribution in [0, 0.1) is 12.7 Å². The highest BCUT2D eigenvalue weighted by atomic mass is 19.1. The second-order valence-electron chi connectivity index (χ2n) is 34.1. The van der Waals surface area contributed by atoms with Crippen molar-refractivity contribution in [1.29, 1.82) is 0 Å². The number of rotatable bonds is 9. The molecule has 129 heavy (non-hydrogen) atoms. The Morgan fingerprint density at radius 2 is 0.450 bits per heavy atom. The van der Waals surface area contributed by atoms with Gasteiger partial charge in [-0.15, -0.1) is 0 Å². The van der Waals surface area contributed by atoms with Crippen molar-refractivity contribution in [3.8, 4) is 101 Å². The van der Waals surface area contributed by atoms with Crippen LogP contribution in [-0.2, 0) is 0 Å². The van der Waals surface area contributed by atoms with Crippen molar-refractivity contribution in [3.63, 3.8) is 0 Å². The quantitative estimate of drug-likeness (QED) is 0.134. The fourth-order valence-corrected chi connectivity index (χ4v) is 20.4. The van der Waals surface area contributed by atoms with Gasteiger partial charge < -0.3 is 13.3 Å². The summed E-state index contributed by atoms with van der Waals surface area (Å²) in [4.78, 5) is 15.0. The van der Waals surface area contributed by atoms with Crippen molar-refractivity contribution in [1.82, 2.24) is 15.0 Å². The van der Waals surface area contributed by atoms with E-state index in [4.69, 9.17) is 28.2 Å². The van der Waals surface area contributed by atoms with Gasteiger partial charge in [0.1, 0.15) is 22.4 Å². The second-order valence-corrected chi connectivity index (χ2v) is 34.1. The molecule has 0 saturated heterocycles. The highest BCUT2D eigenvalue weighted by molar-refractivity contribution is 6.31. The molecule has 600 valence electrons. The van der Waals surface area contributed by atoms with Crippen LogP contribution in [0.4, 0.5) is 4.39 Å².